The average molecular weight is 261 g/mol. The summed E-state index contributed by atoms with van der Waals surface area (Å²) >= 11 is 0. The second-order valence-electron chi connectivity index (χ2n) is 4.13. The molecule has 1 amide bonds. The van der Waals surface area contributed by atoms with E-state index >= 15 is 0 Å². The second-order valence-corrected chi connectivity index (χ2v) is 4.13. The van der Waals surface area contributed by atoms with E-state index < -0.39 is 0 Å². The highest BCUT2D eigenvalue weighted by Gasteiger charge is 2.13. The molecule has 2 rings (SSSR count). The summed E-state index contributed by atoms with van der Waals surface area (Å²) in [5.74, 6) is 0.00930. The third-order valence-corrected chi connectivity index (χ3v) is 2.56. The summed E-state index contributed by atoms with van der Waals surface area (Å²) in [6.45, 7) is 0. The van der Waals surface area contributed by atoms with Gasteiger partial charge in [-0.25, -0.2) is 0 Å². The van der Waals surface area contributed by atoms with Crippen LogP contribution in [0.2, 0.25) is 0 Å². The first kappa shape index (κ1) is 12.9. The molecular formula is C13H15N3O3. The predicted octanol–water partition coefficient (Wildman–Crippen LogP) is 2.00. The number of anilines is 2. The molecule has 19 heavy (non-hydrogen) atoms. The van der Waals surface area contributed by atoms with Crippen LogP contribution >= 0.6 is 0 Å². The lowest BCUT2D eigenvalue weighted by atomic mass is 10.2. The summed E-state index contributed by atoms with van der Waals surface area (Å²) in [6, 6.07) is 8.90. The summed E-state index contributed by atoms with van der Waals surface area (Å²) < 4.78 is 9.70. The Morgan fingerprint density at radius 2 is 2.00 bits per heavy atom. The minimum Gasteiger partial charge on any atom is -0.479 e. The van der Waals surface area contributed by atoms with Crippen LogP contribution in [0.15, 0.2) is 34.9 Å². The van der Waals surface area contributed by atoms with E-state index in [9.17, 15) is 4.79 Å². The van der Waals surface area contributed by atoms with Crippen molar-refractivity contribution < 1.29 is 14.1 Å². The molecule has 1 heterocycles. The first-order valence-corrected chi connectivity index (χ1v) is 5.69. The molecule has 1 aromatic carbocycles. The molecule has 2 aromatic rings. The lowest BCUT2D eigenvalue weighted by molar-refractivity contribution is 0.0987. The zero-order valence-corrected chi connectivity index (χ0v) is 11.0. The normalized spacial score (nSPS) is 10.1. The van der Waals surface area contributed by atoms with Crippen LogP contribution < -0.4 is 15.0 Å². The molecule has 0 spiro atoms. The quantitative estimate of drug-likeness (QED) is 0.911. The summed E-state index contributed by atoms with van der Waals surface area (Å²) in [5.41, 5.74) is 1.74. The van der Waals surface area contributed by atoms with Gasteiger partial charge in [0.1, 0.15) is 0 Å². The minimum atomic E-state index is -0.367. The Kier molecular flexibility index (Phi) is 3.70. The highest BCUT2D eigenvalue weighted by molar-refractivity contribution is 6.02. The van der Waals surface area contributed by atoms with E-state index in [1.807, 2.05) is 43.3 Å². The second kappa shape index (κ2) is 5.43. The summed E-state index contributed by atoms with van der Waals surface area (Å²) in [7, 11) is 5.36. The van der Waals surface area contributed by atoms with E-state index in [1.165, 1.54) is 13.2 Å². The maximum Gasteiger partial charge on any atom is 0.294 e. The number of carbonyl (C=O) groups excluding carboxylic acids is 1. The van der Waals surface area contributed by atoms with Crippen molar-refractivity contribution in [3.63, 3.8) is 0 Å². The van der Waals surface area contributed by atoms with Crippen LogP contribution in [0.25, 0.3) is 0 Å². The van der Waals surface area contributed by atoms with E-state index in [0.717, 1.165) is 5.69 Å². The van der Waals surface area contributed by atoms with Crippen molar-refractivity contribution >= 4 is 17.3 Å². The van der Waals surface area contributed by atoms with Crippen molar-refractivity contribution in [2.45, 2.75) is 0 Å². The number of nitrogens with one attached hydrogen (secondary N) is 1. The molecule has 0 aliphatic heterocycles. The monoisotopic (exact) mass is 261 g/mol. The average Bonchev–Trinajstić information content (AvgIpc) is 2.88. The van der Waals surface area contributed by atoms with Crippen molar-refractivity contribution in [3.05, 3.63) is 36.1 Å². The van der Waals surface area contributed by atoms with E-state index in [-0.39, 0.29) is 17.5 Å². The van der Waals surface area contributed by atoms with Crippen LogP contribution in [0, 0.1) is 0 Å². The summed E-state index contributed by atoms with van der Waals surface area (Å²) in [6.07, 6.45) is 0. The maximum absolute atomic E-state index is 11.9. The number of hydrogen-bond donors (Lipinski definition) is 1. The number of carbonyl (C=O) groups is 1. The highest BCUT2D eigenvalue weighted by atomic mass is 16.5. The Morgan fingerprint density at radius 3 is 2.53 bits per heavy atom. The lowest BCUT2D eigenvalue weighted by Crippen LogP contribution is -2.12. The fourth-order valence-electron chi connectivity index (χ4n) is 1.50. The number of aromatic nitrogens is 1. The Labute approximate surface area is 110 Å². The van der Waals surface area contributed by atoms with Gasteiger partial charge in [-0.3, -0.25) is 4.79 Å². The van der Waals surface area contributed by atoms with Crippen molar-refractivity contribution in [2.75, 3.05) is 31.4 Å². The van der Waals surface area contributed by atoms with Crippen LogP contribution in [0.3, 0.4) is 0 Å². The van der Waals surface area contributed by atoms with Gasteiger partial charge in [0.2, 0.25) is 5.76 Å². The molecule has 0 unspecified atom stereocenters. The first-order chi connectivity index (χ1) is 9.10. The van der Waals surface area contributed by atoms with Gasteiger partial charge < -0.3 is 19.5 Å². The third kappa shape index (κ3) is 3.04. The molecule has 0 aliphatic rings. The molecule has 0 bridgehead atoms. The number of methoxy groups -OCH3 is 1. The van der Waals surface area contributed by atoms with E-state index in [0.29, 0.717) is 5.69 Å². The topological polar surface area (TPSA) is 67.6 Å². The molecule has 0 fully saturated rings. The van der Waals surface area contributed by atoms with Gasteiger partial charge in [0, 0.05) is 25.5 Å². The fraction of sp³-hybridized carbons (Fsp3) is 0.231. The van der Waals surface area contributed by atoms with E-state index in [1.54, 1.807) is 0 Å². The molecule has 0 saturated heterocycles. The Hall–Kier alpha value is -2.50. The smallest absolute Gasteiger partial charge is 0.294 e. The molecule has 6 nitrogen and oxygen atoms in total. The van der Waals surface area contributed by atoms with Crippen molar-refractivity contribution in [2.24, 2.45) is 0 Å². The van der Waals surface area contributed by atoms with Gasteiger partial charge in [0.25, 0.3) is 11.8 Å². The summed E-state index contributed by atoms with van der Waals surface area (Å²) in [5, 5.41) is 6.28. The van der Waals surface area contributed by atoms with E-state index in [4.69, 9.17) is 9.26 Å². The number of rotatable bonds is 4. The van der Waals surface area contributed by atoms with Gasteiger partial charge in [-0.1, -0.05) is 0 Å². The Bertz CT molecular complexity index is 561. The zero-order chi connectivity index (χ0) is 13.8. The SMILES string of the molecule is COc1cc(C(=O)Nc2ccc(N(C)C)cc2)on1. The molecule has 6 heteroatoms. The largest absolute Gasteiger partial charge is 0.479 e. The maximum atomic E-state index is 11.9. The van der Waals surface area contributed by atoms with Crippen LogP contribution in [0.1, 0.15) is 10.6 Å². The third-order valence-electron chi connectivity index (χ3n) is 2.56. The number of hydrogen-bond acceptors (Lipinski definition) is 5. The van der Waals surface area contributed by atoms with Gasteiger partial charge in [-0.15, -0.1) is 0 Å². The van der Waals surface area contributed by atoms with Crippen LogP contribution in [-0.4, -0.2) is 32.3 Å². The summed E-state index contributed by atoms with van der Waals surface area (Å²) in [4.78, 5) is 13.8. The fourth-order valence-corrected chi connectivity index (χ4v) is 1.50. The predicted molar refractivity (Wildman–Crippen MR) is 71.8 cm³/mol. The molecule has 1 N–H and O–H groups in total. The van der Waals surface area contributed by atoms with Crippen molar-refractivity contribution in [3.8, 4) is 5.88 Å². The van der Waals surface area contributed by atoms with Gasteiger partial charge in [0.05, 0.1) is 13.2 Å². The number of nitrogens with zero attached hydrogens (tertiary/aromatic N) is 2. The molecule has 0 atom stereocenters. The van der Waals surface area contributed by atoms with Crippen molar-refractivity contribution in [1.29, 1.82) is 0 Å². The van der Waals surface area contributed by atoms with Crippen LogP contribution in [0.4, 0.5) is 11.4 Å². The standard InChI is InChI=1S/C13H15N3O3/c1-16(2)10-6-4-9(5-7-10)14-13(17)11-8-12(18-3)15-19-11/h4-8H,1-3H3,(H,14,17). The van der Waals surface area contributed by atoms with E-state index in [2.05, 4.69) is 10.5 Å². The molecule has 100 valence electrons. The minimum absolute atomic E-state index is 0.105. The zero-order valence-electron chi connectivity index (χ0n) is 11.0. The van der Waals surface area contributed by atoms with Crippen LogP contribution in [0.5, 0.6) is 5.88 Å². The molecule has 0 aliphatic carbocycles. The van der Waals surface area contributed by atoms with Gasteiger partial charge in [-0.2, -0.15) is 0 Å². The van der Waals surface area contributed by atoms with Gasteiger partial charge in [0.15, 0.2) is 0 Å². The molecular weight excluding hydrogens is 246 g/mol. The van der Waals surface area contributed by atoms with Gasteiger partial charge >= 0.3 is 0 Å². The van der Waals surface area contributed by atoms with Crippen LogP contribution in [-0.2, 0) is 0 Å². The first-order valence-electron chi connectivity index (χ1n) is 5.69. The highest BCUT2D eigenvalue weighted by Crippen LogP contribution is 2.17. The lowest BCUT2D eigenvalue weighted by Gasteiger charge is -2.12. The number of ether oxygens (including phenoxy) is 1. The molecule has 0 radical (unpaired) electrons. The molecule has 0 saturated carbocycles. The van der Waals surface area contributed by atoms with Gasteiger partial charge in [-0.05, 0) is 29.4 Å². The Balaban J connectivity index is 2.06. The van der Waals surface area contributed by atoms with Crippen molar-refractivity contribution in [1.82, 2.24) is 5.16 Å². The number of amides is 1. The Morgan fingerprint density at radius 1 is 1.32 bits per heavy atom. The molecule has 1 aromatic heterocycles. The number of benzene rings is 1.